The summed E-state index contributed by atoms with van der Waals surface area (Å²) in [6.45, 7) is 4.61. The van der Waals surface area contributed by atoms with Gasteiger partial charge in [0.2, 0.25) is 0 Å². The number of rotatable bonds is 3. The molecular formula is C12H14N2OS. The fourth-order valence-corrected chi connectivity index (χ4v) is 2.25. The second kappa shape index (κ2) is 4.53. The first-order valence-corrected chi connectivity index (χ1v) is 5.98. The van der Waals surface area contributed by atoms with Crippen molar-refractivity contribution in [3.05, 3.63) is 29.1 Å². The third-order valence-electron chi connectivity index (χ3n) is 2.22. The average Bonchev–Trinajstić information content (AvgIpc) is 2.60. The molecule has 1 heterocycles. The Morgan fingerprint density at radius 1 is 1.44 bits per heavy atom. The molecule has 0 fully saturated rings. The lowest BCUT2D eigenvalue weighted by Gasteiger charge is -2.03. The van der Waals surface area contributed by atoms with E-state index in [9.17, 15) is 0 Å². The van der Waals surface area contributed by atoms with Gasteiger partial charge in [-0.3, -0.25) is 0 Å². The Kier molecular flexibility index (Phi) is 3.10. The van der Waals surface area contributed by atoms with Gasteiger partial charge in [-0.2, -0.15) is 0 Å². The predicted octanol–water partition coefficient (Wildman–Crippen LogP) is 3.10. The minimum absolute atomic E-state index is 0.613. The molecule has 0 saturated carbocycles. The Morgan fingerprint density at radius 3 is 2.88 bits per heavy atom. The number of aryl methyl sites for hydroxylation is 1. The summed E-state index contributed by atoms with van der Waals surface area (Å²) in [5, 5.41) is 0.941. The molecule has 0 aliphatic carbocycles. The number of ether oxygens (including phenoxy) is 1. The van der Waals surface area contributed by atoms with Crippen LogP contribution in [0.3, 0.4) is 0 Å². The number of anilines is 1. The first kappa shape index (κ1) is 11.0. The number of thiazole rings is 1. The summed E-state index contributed by atoms with van der Waals surface area (Å²) in [7, 11) is 0. The van der Waals surface area contributed by atoms with Crippen LogP contribution in [0.15, 0.2) is 24.3 Å². The van der Waals surface area contributed by atoms with E-state index in [0.717, 1.165) is 21.2 Å². The zero-order valence-electron chi connectivity index (χ0n) is 9.36. The summed E-state index contributed by atoms with van der Waals surface area (Å²) >= 11 is 1.60. The highest BCUT2D eigenvalue weighted by Gasteiger charge is 2.07. The van der Waals surface area contributed by atoms with Crippen LogP contribution in [-0.2, 0) is 0 Å². The molecule has 0 aliphatic heterocycles. The van der Waals surface area contributed by atoms with Crippen LogP contribution in [0.5, 0.6) is 5.75 Å². The van der Waals surface area contributed by atoms with E-state index in [1.807, 2.05) is 38.1 Å². The zero-order chi connectivity index (χ0) is 11.5. The van der Waals surface area contributed by atoms with Crippen molar-refractivity contribution in [3.63, 3.8) is 0 Å². The second-order valence-electron chi connectivity index (χ2n) is 3.42. The van der Waals surface area contributed by atoms with Gasteiger partial charge in [-0.05, 0) is 26.0 Å². The number of benzene rings is 1. The van der Waals surface area contributed by atoms with Crippen LogP contribution in [0.4, 0.5) is 5.82 Å². The van der Waals surface area contributed by atoms with Crippen molar-refractivity contribution in [2.75, 3.05) is 12.3 Å². The number of nitrogen functional groups attached to an aromatic ring is 1. The molecule has 1 aromatic carbocycles. The summed E-state index contributed by atoms with van der Waals surface area (Å²) in [4.78, 5) is 5.38. The molecule has 16 heavy (non-hydrogen) atoms. The van der Waals surface area contributed by atoms with E-state index in [1.54, 1.807) is 11.3 Å². The van der Waals surface area contributed by atoms with Gasteiger partial charge in [0.05, 0.1) is 6.61 Å². The number of hydrogen-bond donors (Lipinski definition) is 1. The summed E-state index contributed by atoms with van der Waals surface area (Å²) in [5.74, 6) is 1.48. The van der Waals surface area contributed by atoms with Crippen molar-refractivity contribution in [1.82, 2.24) is 4.98 Å². The summed E-state index contributed by atoms with van der Waals surface area (Å²) < 4.78 is 5.45. The molecule has 0 bridgehead atoms. The molecule has 0 atom stereocenters. The van der Waals surface area contributed by atoms with Crippen molar-refractivity contribution in [2.24, 2.45) is 0 Å². The first-order chi connectivity index (χ1) is 7.70. The topological polar surface area (TPSA) is 48.1 Å². The molecular weight excluding hydrogens is 220 g/mol. The highest BCUT2D eigenvalue weighted by atomic mass is 32.1. The average molecular weight is 234 g/mol. The molecule has 0 amide bonds. The summed E-state index contributed by atoms with van der Waals surface area (Å²) in [6.07, 6.45) is 0. The molecule has 0 unspecified atom stereocenters. The normalized spacial score (nSPS) is 10.4. The lowest BCUT2D eigenvalue weighted by Crippen LogP contribution is -1.91. The maximum atomic E-state index is 5.74. The standard InChI is InChI=1S/C12H14N2OS/c1-3-15-10-6-4-5-9(7-10)12-14-11(13)8(2)16-12/h4-7H,3,13H2,1-2H3. The zero-order valence-corrected chi connectivity index (χ0v) is 10.2. The van der Waals surface area contributed by atoms with Crippen LogP contribution in [0.2, 0.25) is 0 Å². The Hall–Kier alpha value is -1.55. The highest BCUT2D eigenvalue weighted by molar-refractivity contribution is 7.15. The van der Waals surface area contributed by atoms with Gasteiger partial charge in [0, 0.05) is 10.4 Å². The van der Waals surface area contributed by atoms with E-state index >= 15 is 0 Å². The summed E-state index contributed by atoms with van der Waals surface area (Å²) in [6, 6.07) is 7.91. The maximum absolute atomic E-state index is 5.74. The van der Waals surface area contributed by atoms with Crippen LogP contribution in [0.1, 0.15) is 11.8 Å². The van der Waals surface area contributed by atoms with Crippen molar-refractivity contribution in [3.8, 4) is 16.3 Å². The molecule has 0 radical (unpaired) electrons. The second-order valence-corrected chi connectivity index (χ2v) is 4.62. The number of nitrogens with two attached hydrogens (primary N) is 1. The van der Waals surface area contributed by atoms with E-state index in [-0.39, 0.29) is 0 Å². The van der Waals surface area contributed by atoms with E-state index in [0.29, 0.717) is 12.4 Å². The van der Waals surface area contributed by atoms with E-state index in [4.69, 9.17) is 10.5 Å². The molecule has 0 aliphatic rings. The van der Waals surface area contributed by atoms with Crippen LogP contribution >= 0.6 is 11.3 Å². The maximum Gasteiger partial charge on any atom is 0.138 e. The molecule has 0 spiro atoms. The molecule has 84 valence electrons. The molecule has 3 nitrogen and oxygen atoms in total. The largest absolute Gasteiger partial charge is 0.494 e. The minimum atomic E-state index is 0.613. The molecule has 2 aromatic rings. The fraction of sp³-hybridized carbons (Fsp3) is 0.250. The fourth-order valence-electron chi connectivity index (χ4n) is 1.42. The van der Waals surface area contributed by atoms with Crippen molar-refractivity contribution in [1.29, 1.82) is 0 Å². The molecule has 2 rings (SSSR count). The van der Waals surface area contributed by atoms with E-state index < -0.39 is 0 Å². The monoisotopic (exact) mass is 234 g/mol. The molecule has 4 heteroatoms. The number of nitrogens with zero attached hydrogens (tertiary/aromatic N) is 1. The molecule has 2 N–H and O–H groups in total. The number of aromatic nitrogens is 1. The quantitative estimate of drug-likeness (QED) is 0.887. The third-order valence-corrected chi connectivity index (χ3v) is 3.26. The number of hydrogen-bond acceptors (Lipinski definition) is 4. The molecule has 0 saturated heterocycles. The van der Waals surface area contributed by atoms with Crippen LogP contribution < -0.4 is 10.5 Å². The van der Waals surface area contributed by atoms with Gasteiger partial charge >= 0.3 is 0 Å². The van der Waals surface area contributed by atoms with E-state index in [1.165, 1.54) is 0 Å². The Balaban J connectivity index is 2.36. The van der Waals surface area contributed by atoms with Gasteiger partial charge in [-0.15, -0.1) is 11.3 Å². The first-order valence-electron chi connectivity index (χ1n) is 5.17. The van der Waals surface area contributed by atoms with Gasteiger partial charge < -0.3 is 10.5 Å². The van der Waals surface area contributed by atoms with Gasteiger partial charge in [-0.25, -0.2) is 4.98 Å². The highest BCUT2D eigenvalue weighted by Crippen LogP contribution is 2.30. The third kappa shape index (κ3) is 2.17. The van der Waals surface area contributed by atoms with Crippen LogP contribution in [-0.4, -0.2) is 11.6 Å². The predicted molar refractivity (Wildman–Crippen MR) is 67.9 cm³/mol. The lowest BCUT2D eigenvalue weighted by molar-refractivity contribution is 0.340. The lowest BCUT2D eigenvalue weighted by atomic mass is 10.2. The van der Waals surface area contributed by atoms with Crippen molar-refractivity contribution < 1.29 is 4.74 Å². The van der Waals surface area contributed by atoms with Crippen molar-refractivity contribution in [2.45, 2.75) is 13.8 Å². The smallest absolute Gasteiger partial charge is 0.138 e. The van der Waals surface area contributed by atoms with Gasteiger partial charge in [0.15, 0.2) is 0 Å². The Morgan fingerprint density at radius 2 is 2.25 bits per heavy atom. The van der Waals surface area contributed by atoms with Gasteiger partial charge in [0.1, 0.15) is 16.6 Å². The van der Waals surface area contributed by atoms with Gasteiger partial charge in [0.25, 0.3) is 0 Å². The van der Waals surface area contributed by atoms with Crippen molar-refractivity contribution >= 4 is 17.2 Å². The van der Waals surface area contributed by atoms with Crippen LogP contribution in [0.25, 0.3) is 10.6 Å². The Bertz CT molecular complexity index is 474. The SMILES string of the molecule is CCOc1cccc(-c2nc(N)c(C)s2)c1. The van der Waals surface area contributed by atoms with Crippen LogP contribution in [0, 0.1) is 6.92 Å². The van der Waals surface area contributed by atoms with Gasteiger partial charge in [-0.1, -0.05) is 12.1 Å². The molecule has 1 aromatic heterocycles. The van der Waals surface area contributed by atoms with E-state index in [2.05, 4.69) is 4.98 Å². The minimum Gasteiger partial charge on any atom is -0.494 e. The summed E-state index contributed by atoms with van der Waals surface area (Å²) in [5.41, 5.74) is 6.79. The Labute approximate surface area is 98.9 Å².